The van der Waals surface area contributed by atoms with Gasteiger partial charge in [-0.3, -0.25) is 4.90 Å². The lowest BCUT2D eigenvalue weighted by molar-refractivity contribution is 0.243. The van der Waals surface area contributed by atoms with Gasteiger partial charge < -0.3 is 5.32 Å². The lowest BCUT2D eigenvalue weighted by Crippen LogP contribution is -2.28. The van der Waals surface area contributed by atoms with Gasteiger partial charge in [0, 0.05) is 47.4 Å². The van der Waals surface area contributed by atoms with Gasteiger partial charge in [-0.15, -0.1) is 7.77 Å². The minimum absolute atomic E-state index is 0.00469. The maximum atomic E-state index is 14.8. The second-order valence-electron chi connectivity index (χ2n) is 8.91. The number of nitrogens with zero attached hydrogens (tertiary/aromatic N) is 2. The van der Waals surface area contributed by atoms with Crippen LogP contribution in [0.25, 0.3) is 5.70 Å². The number of halogens is 3. The van der Waals surface area contributed by atoms with Gasteiger partial charge in [-0.2, -0.15) is 0 Å². The van der Waals surface area contributed by atoms with Gasteiger partial charge in [0.15, 0.2) is 0 Å². The Balaban J connectivity index is 1.39. The van der Waals surface area contributed by atoms with Gasteiger partial charge in [0.05, 0.1) is 10.6 Å². The number of anilines is 1. The van der Waals surface area contributed by atoms with E-state index in [-0.39, 0.29) is 28.5 Å². The van der Waals surface area contributed by atoms with Crippen LogP contribution in [0.4, 0.5) is 17.8 Å². The zero-order valence-corrected chi connectivity index (χ0v) is 19.9. The average Bonchev–Trinajstić information content (AvgIpc) is 3.46. The van der Waals surface area contributed by atoms with Gasteiger partial charge in [0.1, 0.15) is 22.2 Å². The van der Waals surface area contributed by atoms with Crippen molar-refractivity contribution in [1.29, 1.82) is 0 Å². The first-order valence-corrected chi connectivity index (χ1v) is 14.1. The molecule has 3 heterocycles. The van der Waals surface area contributed by atoms with Crippen LogP contribution in [0, 0.1) is 5.82 Å². The topological polar surface area (TPSA) is 87.8 Å². The van der Waals surface area contributed by atoms with E-state index in [1.54, 1.807) is 12.1 Å². The molecule has 182 valence electrons. The Kier molecular flexibility index (Phi) is 5.99. The second kappa shape index (κ2) is 8.71. The van der Waals surface area contributed by atoms with Crippen LogP contribution in [-0.4, -0.2) is 30.9 Å². The van der Waals surface area contributed by atoms with Gasteiger partial charge >= 0.3 is 0 Å². The maximum absolute atomic E-state index is 14.8. The average molecular weight is 511 g/mol. The highest BCUT2D eigenvalue weighted by atomic mass is 32.3. The van der Waals surface area contributed by atoms with Crippen LogP contribution in [0.3, 0.4) is 0 Å². The van der Waals surface area contributed by atoms with E-state index >= 15 is 0 Å². The fourth-order valence-electron chi connectivity index (χ4n) is 5.16. The number of rotatable bonds is 7. The predicted molar refractivity (Wildman–Crippen MR) is 129 cm³/mol. The molecule has 0 atom stereocenters. The van der Waals surface area contributed by atoms with E-state index in [0.29, 0.717) is 40.8 Å². The van der Waals surface area contributed by atoms with E-state index in [4.69, 9.17) is 5.14 Å². The molecule has 2 aromatic rings. The summed E-state index contributed by atoms with van der Waals surface area (Å²) in [6.07, 6.45) is 4.74. The summed E-state index contributed by atoms with van der Waals surface area (Å²) in [5.41, 5.74) is 2.20. The molecule has 0 amide bonds. The fraction of sp³-hybridized carbons (Fsp3) is 0.348. The van der Waals surface area contributed by atoms with Crippen molar-refractivity contribution in [3.8, 4) is 0 Å². The summed E-state index contributed by atoms with van der Waals surface area (Å²) in [6.45, 7) is 0.811. The molecule has 2 aromatic carbocycles. The van der Waals surface area contributed by atoms with Crippen molar-refractivity contribution in [1.82, 2.24) is 4.90 Å². The first-order chi connectivity index (χ1) is 16.1. The lowest BCUT2D eigenvalue weighted by atomic mass is 10.0. The number of hydrogen-bond donors (Lipinski definition) is 2. The van der Waals surface area contributed by atoms with Crippen molar-refractivity contribution in [2.45, 2.75) is 55.8 Å². The van der Waals surface area contributed by atoms with Crippen molar-refractivity contribution < 1.29 is 20.6 Å². The van der Waals surface area contributed by atoms with E-state index in [2.05, 4.69) is 15.2 Å². The number of aliphatic imine (C=N–C) groups is 1. The molecule has 0 spiro atoms. The molecule has 0 saturated carbocycles. The van der Waals surface area contributed by atoms with Crippen LogP contribution in [0.1, 0.15) is 42.4 Å². The Hall–Kier alpha value is -2.34. The Bertz CT molecular complexity index is 1280. The van der Waals surface area contributed by atoms with Gasteiger partial charge in [-0.1, -0.05) is 12.1 Å². The lowest BCUT2D eigenvalue weighted by Gasteiger charge is -2.23. The Morgan fingerprint density at radius 2 is 1.82 bits per heavy atom. The van der Waals surface area contributed by atoms with Crippen LogP contribution in [0.5, 0.6) is 0 Å². The molecule has 0 unspecified atom stereocenters. The number of primary sulfonamides is 1. The predicted octanol–water partition coefficient (Wildman–Crippen LogP) is 5.13. The summed E-state index contributed by atoms with van der Waals surface area (Å²) in [6, 6.07) is 10.3. The number of sulfonamides is 1. The molecule has 2 bridgehead atoms. The third-order valence-corrected chi connectivity index (χ3v) is 8.68. The van der Waals surface area contributed by atoms with Crippen LogP contribution in [0.2, 0.25) is 0 Å². The second-order valence-corrected chi connectivity index (χ2v) is 12.0. The summed E-state index contributed by atoms with van der Waals surface area (Å²) < 4.78 is 66.4. The summed E-state index contributed by atoms with van der Waals surface area (Å²) >= 11 is 0. The molecule has 0 aliphatic carbocycles. The van der Waals surface area contributed by atoms with Crippen molar-refractivity contribution in [3.05, 3.63) is 64.3 Å². The largest absolute Gasteiger partial charge is 0.381 e. The van der Waals surface area contributed by atoms with E-state index in [1.807, 2.05) is 6.07 Å². The molecule has 3 aliphatic rings. The van der Waals surface area contributed by atoms with Gasteiger partial charge in [-0.05, 0) is 55.5 Å². The Labute approximate surface area is 198 Å². The third kappa shape index (κ3) is 4.61. The van der Waals surface area contributed by atoms with Crippen LogP contribution in [0.15, 0.2) is 51.7 Å². The number of hydrogen-bond acceptors (Lipinski definition) is 5. The van der Waals surface area contributed by atoms with Gasteiger partial charge in [0.25, 0.3) is 0 Å². The molecular formula is C23H25F3N4O2S2. The summed E-state index contributed by atoms with van der Waals surface area (Å²) in [5, 5.41) is 9.10. The third-order valence-electron chi connectivity index (χ3n) is 6.81. The Morgan fingerprint density at radius 3 is 2.44 bits per heavy atom. The zero-order valence-electron chi connectivity index (χ0n) is 18.3. The molecular weight excluding hydrogens is 485 g/mol. The molecule has 11 heteroatoms. The van der Waals surface area contributed by atoms with Gasteiger partial charge in [0.2, 0.25) is 10.0 Å². The molecule has 34 heavy (non-hydrogen) atoms. The molecule has 0 aromatic heterocycles. The normalized spacial score (nSPS) is 24.4. The first kappa shape index (κ1) is 23.4. The molecule has 3 aliphatic heterocycles. The molecule has 2 fully saturated rings. The van der Waals surface area contributed by atoms with Gasteiger partial charge in [-0.25, -0.2) is 22.9 Å². The summed E-state index contributed by atoms with van der Waals surface area (Å²) in [7, 11) is -8.36. The number of nitrogens with one attached hydrogen (secondary N) is 1. The molecule has 6 nitrogen and oxygen atoms in total. The minimum Gasteiger partial charge on any atom is -0.381 e. The van der Waals surface area contributed by atoms with Crippen LogP contribution in [-0.2, 0) is 23.1 Å². The molecule has 3 N–H and O–H groups in total. The fourth-order valence-corrected chi connectivity index (χ4v) is 6.73. The van der Waals surface area contributed by atoms with Crippen LogP contribution < -0.4 is 10.5 Å². The quantitative estimate of drug-likeness (QED) is 0.541. The number of nitrogens with two attached hydrogens (primary N) is 1. The number of fused-ring (bicyclic) bond motifs is 2. The monoisotopic (exact) mass is 510 g/mol. The van der Waals surface area contributed by atoms with Crippen molar-refractivity contribution in [2.75, 3.05) is 5.32 Å². The molecule has 0 radical (unpaired) electrons. The smallest absolute Gasteiger partial charge is 0.238 e. The van der Waals surface area contributed by atoms with Crippen molar-refractivity contribution >= 4 is 37.8 Å². The standard InChI is InChI=1S/C23H25F3N4O2S2/c24-21-3-1-2-15(12-30-17-5-6-18(30)8-7-17)20(21)11-28-16-4-9-19(23(10-16)34(27,31)32)22-13-33(25,26)14-29-22/h1-4,9-10,13-14,17-18,28H,5-8,11-12H2,(H2,27,31,32). The highest BCUT2D eigenvalue weighted by Crippen LogP contribution is 2.56. The SMILES string of the molecule is NS(=O)(=O)c1cc(NCc2c(F)cccc2CN2C3CCC2CC3)ccc1C1=CS(F)(F)C=N1. The zero-order chi connectivity index (χ0) is 24.1. The Morgan fingerprint density at radius 1 is 1.12 bits per heavy atom. The van der Waals surface area contributed by atoms with E-state index in [0.717, 1.165) is 5.56 Å². The number of benzene rings is 2. The maximum Gasteiger partial charge on any atom is 0.238 e. The molecule has 2 saturated heterocycles. The molecule has 5 rings (SSSR count). The summed E-state index contributed by atoms with van der Waals surface area (Å²) in [5.74, 6) is -0.338. The minimum atomic E-state index is -4.22. The van der Waals surface area contributed by atoms with E-state index in [9.17, 15) is 20.6 Å². The van der Waals surface area contributed by atoms with Crippen molar-refractivity contribution in [3.63, 3.8) is 0 Å². The van der Waals surface area contributed by atoms with Crippen LogP contribution >= 0.6 is 10.8 Å². The highest BCUT2D eigenvalue weighted by Gasteiger charge is 2.39. The van der Waals surface area contributed by atoms with E-state index in [1.165, 1.54) is 43.9 Å². The first-order valence-electron chi connectivity index (χ1n) is 11.0. The highest BCUT2D eigenvalue weighted by molar-refractivity contribution is 8.38. The summed E-state index contributed by atoms with van der Waals surface area (Å²) in [4.78, 5) is 5.81. The van der Waals surface area contributed by atoms with E-state index < -0.39 is 20.8 Å². The van der Waals surface area contributed by atoms with Crippen molar-refractivity contribution in [2.24, 2.45) is 10.1 Å².